The van der Waals surface area contributed by atoms with Crippen molar-refractivity contribution in [1.82, 2.24) is 14.5 Å². The third kappa shape index (κ3) is 1.46. The van der Waals surface area contributed by atoms with Crippen molar-refractivity contribution in [3.63, 3.8) is 0 Å². The molecule has 0 fully saturated rings. The van der Waals surface area contributed by atoms with Gasteiger partial charge in [0.05, 0.1) is 11.9 Å². The summed E-state index contributed by atoms with van der Waals surface area (Å²) in [5.74, 6) is 0. The molecule has 0 aliphatic rings. The van der Waals surface area contributed by atoms with Gasteiger partial charge in [-0.2, -0.15) is 0 Å². The van der Waals surface area contributed by atoms with Gasteiger partial charge in [0.1, 0.15) is 10.8 Å². The lowest BCUT2D eigenvalue weighted by atomic mass is 10.3. The Morgan fingerprint density at radius 2 is 2.00 bits per heavy atom. The van der Waals surface area contributed by atoms with Crippen molar-refractivity contribution < 1.29 is 0 Å². The highest BCUT2D eigenvalue weighted by Gasteiger charge is 2.03. The minimum atomic E-state index is 0.494. The van der Waals surface area contributed by atoms with Crippen molar-refractivity contribution in [1.29, 1.82) is 0 Å². The molecule has 0 N–H and O–H groups in total. The zero-order valence-corrected chi connectivity index (χ0v) is 9.09. The average molecular weight is 230 g/mol. The topological polar surface area (TPSA) is 30.7 Å². The van der Waals surface area contributed by atoms with E-state index in [1.54, 1.807) is 18.5 Å². The minimum Gasteiger partial charge on any atom is -0.300 e. The van der Waals surface area contributed by atoms with Gasteiger partial charge in [0, 0.05) is 17.8 Å². The van der Waals surface area contributed by atoms with Crippen LogP contribution in [0.3, 0.4) is 0 Å². The molecule has 0 amide bonds. The second kappa shape index (κ2) is 3.61. The molecule has 0 unspecified atom stereocenters. The molecule has 3 rings (SSSR count). The van der Waals surface area contributed by atoms with Crippen LogP contribution in [0.2, 0.25) is 5.15 Å². The first-order chi connectivity index (χ1) is 7.84. The Morgan fingerprint density at radius 3 is 2.81 bits per heavy atom. The molecule has 3 aromatic heterocycles. The van der Waals surface area contributed by atoms with E-state index in [0.29, 0.717) is 5.15 Å². The fraction of sp³-hybridized carbons (Fsp3) is 0. The number of nitrogens with zero attached hydrogens (tertiary/aromatic N) is 3. The molecule has 0 aromatic carbocycles. The fourth-order valence-corrected chi connectivity index (χ4v) is 1.80. The zero-order valence-electron chi connectivity index (χ0n) is 8.34. The molecule has 3 heterocycles. The molecule has 3 aromatic rings. The quantitative estimate of drug-likeness (QED) is 0.601. The lowest BCUT2D eigenvalue weighted by molar-refractivity contribution is 1.07. The Balaban J connectivity index is 2.22. The average Bonchev–Trinajstić information content (AvgIpc) is 2.74. The summed E-state index contributed by atoms with van der Waals surface area (Å²) < 4.78 is 1.98. The summed E-state index contributed by atoms with van der Waals surface area (Å²) in [5, 5.41) is 1.60. The van der Waals surface area contributed by atoms with Gasteiger partial charge in [0.15, 0.2) is 0 Å². The van der Waals surface area contributed by atoms with Gasteiger partial charge < -0.3 is 0 Å². The number of fused-ring (bicyclic) bond motifs is 1. The molecule has 0 saturated heterocycles. The van der Waals surface area contributed by atoms with E-state index in [1.807, 2.05) is 35.0 Å². The largest absolute Gasteiger partial charge is 0.300 e. The molecule has 4 heteroatoms. The molecule has 0 saturated carbocycles. The lowest BCUT2D eigenvalue weighted by Gasteiger charge is -2.03. The Bertz CT molecular complexity index is 628. The minimum absolute atomic E-state index is 0.494. The smallest absolute Gasteiger partial charge is 0.144 e. The third-order valence-electron chi connectivity index (χ3n) is 2.44. The van der Waals surface area contributed by atoms with Crippen LogP contribution >= 0.6 is 11.6 Å². The Kier molecular flexibility index (Phi) is 2.11. The number of halogens is 1. The fourth-order valence-electron chi connectivity index (χ4n) is 1.69. The molecule has 0 aliphatic carbocycles. The van der Waals surface area contributed by atoms with Crippen LogP contribution < -0.4 is 0 Å². The number of hydrogen-bond acceptors (Lipinski definition) is 2. The molecule has 0 spiro atoms. The summed E-state index contributed by atoms with van der Waals surface area (Å²) in [5.41, 5.74) is 1.88. The monoisotopic (exact) mass is 229 g/mol. The molecule has 3 nitrogen and oxygen atoms in total. The van der Waals surface area contributed by atoms with Gasteiger partial charge >= 0.3 is 0 Å². The van der Waals surface area contributed by atoms with Gasteiger partial charge in [-0.05, 0) is 30.3 Å². The van der Waals surface area contributed by atoms with Crippen LogP contribution in [-0.4, -0.2) is 14.5 Å². The number of pyridine rings is 2. The van der Waals surface area contributed by atoms with E-state index in [1.165, 1.54) is 0 Å². The third-order valence-corrected chi connectivity index (χ3v) is 2.66. The van der Waals surface area contributed by atoms with Gasteiger partial charge in [-0.1, -0.05) is 11.6 Å². The molecule has 0 aliphatic heterocycles. The van der Waals surface area contributed by atoms with Crippen LogP contribution in [0.15, 0.2) is 48.9 Å². The van der Waals surface area contributed by atoms with E-state index >= 15 is 0 Å². The van der Waals surface area contributed by atoms with Gasteiger partial charge in [-0.25, -0.2) is 9.97 Å². The summed E-state index contributed by atoms with van der Waals surface area (Å²) in [6, 6.07) is 9.67. The van der Waals surface area contributed by atoms with Gasteiger partial charge in [0.2, 0.25) is 0 Å². The molecule has 0 atom stereocenters. The Labute approximate surface area is 97.3 Å². The first kappa shape index (κ1) is 9.36. The van der Waals surface area contributed by atoms with Crippen LogP contribution in [0, 0.1) is 0 Å². The van der Waals surface area contributed by atoms with E-state index in [2.05, 4.69) is 9.97 Å². The van der Waals surface area contributed by atoms with Gasteiger partial charge in [0.25, 0.3) is 0 Å². The predicted octanol–water partition coefficient (Wildman–Crippen LogP) is 3.07. The molecule has 0 radical (unpaired) electrons. The SMILES string of the molecule is Clc1ccc(-n2ccc3cccnc32)cn1. The second-order valence-electron chi connectivity index (χ2n) is 3.44. The number of rotatable bonds is 1. The van der Waals surface area contributed by atoms with E-state index in [9.17, 15) is 0 Å². The summed E-state index contributed by atoms with van der Waals surface area (Å²) in [6.07, 6.45) is 5.49. The van der Waals surface area contributed by atoms with Crippen molar-refractivity contribution in [2.24, 2.45) is 0 Å². The van der Waals surface area contributed by atoms with Crippen LogP contribution in [-0.2, 0) is 0 Å². The summed E-state index contributed by atoms with van der Waals surface area (Å²) in [4.78, 5) is 8.40. The predicted molar refractivity (Wildman–Crippen MR) is 63.9 cm³/mol. The molecular weight excluding hydrogens is 222 g/mol. The van der Waals surface area contributed by atoms with Crippen LogP contribution in [0.1, 0.15) is 0 Å². The van der Waals surface area contributed by atoms with Gasteiger partial charge in [-0.15, -0.1) is 0 Å². The zero-order chi connectivity index (χ0) is 11.0. The van der Waals surface area contributed by atoms with Crippen molar-refractivity contribution in [2.75, 3.05) is 0 Å². The maximum absolute atomic E-state index is 5.76. The maximum Gasteiger partial charge on any atom is 0.144 e. The molecular formula is C12H8ClN3. The van der Waals surface area contributed by atoms with Crippen molar-refractivity contribution in [2.45, 2.75) is 0 Å². The Morgan fingerprint density at radius 1 is 1.06 bits per heavy atom. The standard InChI is InChI=1S/C12H8ClN3/c13-11-4-3-10(8-15-11)16-7-5-9-2-1-6-14-12(9)16/h1-8H. The summed E-state index contributed by atoms with van der Waals surface area (Å²) in [7, 11) is 0. The van der Waals surface area contributed by atoms with Crippen molar-refractivity contribution >= 4 is 22.6 Å². The maximum atomic E-state index is 5.76. The van der Waals surface area contributed by atoms with Crippen LogP contribution in [0.25, 0.3) is 16.7 Å². The summed E-state index contributed by atoms with van der Waals surface area (Å²) >= 11 is 5.76. The Hall–Kier alpha value is -1.87. The van der Waals surface area contributed by atoms with E-state index in [4.69, 9.17) is 11.6 Å². The van der Waals surface area contributed by atoms with E-state index < -0.39 is 0 Å². The summed E-state index contributed by atoms with van der Waals surface area (Å²) in [6.45, 7) is 0. The van der Waals surface area contributed by atoms with Crippen molar-refractivity contribution in [3.05, 3.63) is 54.1 Å². The van der Waals surface area contributed by atoms with Crippen LogP contribution in [0.4, 0.5) is 0 Å². The van der Waals surface area contributed by atoms with E-state index in [-0.39, 0.29) is 0 Å². The number of hydrogen-bond donors (Lipinski definition) is 0. The first-order valence-electron chi connectivity index (χ1n) is 4.88. The molecule has 16 heavy (non-hydrogen) atoms. The normalized spacial score (nSPS) is 10.8. The van der Waals surface area contributed by atoms with E-state index in [0.717, 1.165) is 16.7 Å². The van der Waals surface area contributed by atoms with Crippen molar-refractivity contribution in [3.8, 4) is 5.69 Å². The van der Waals surface area contributed by atoms with Crippen LogP contribution in [0.5, 0.6) is 0 Å². The first-order valence-corrected chi connectivity index (χ1v) is 5.26. The molecule has 78 valence electrons. The number of aromatic nitrogens is 3. The highest BCUT2D eigenvalue weighted by Crippen LogP contribution is 2.18. The molecule has 0 bridgehead atoms. The lowest BCUT2D eigenvalue weighted by Crippen LogP contribution is -1.93. The van der Waals surface area contributed by atoms with Gasteiger partial charge in [-0.3, -0.25) is 4.57 Å². The second-order valence-corrected chi connectivity index (χ2v) is 3.83. The highest BCUT2D eigenvalue weighted by atomic mass is 35.5. The highest BCUT2D eigenvalue weighted by molar-refractivity contribution is 6.29.